The molecule has 1 aliphatic rings. The van der Waals surface area contributed by atoms with E-state index in [1.54, 1.807) is 11.3 Å². The molecule has 0 saturated heterocycles. The van der Waals surface area contributed by atoms with Crippen molar-refractivity contribution in [2.75, 3.05) is 6.54 Å². The zero-order valence-corrected chi connectivity index (χ0v) is 15.2. The van der Waals surface area contributed by atoms with E-state index in [0.29, 0.717) is 12.6 Å². The summed E-state index contributed by atoms with van der Waals surface area (Å²) in [7, 11) is 0. The van der Waals surface area contributed by atoms with Gasteiger partial charge in [-0.25, -0.2) is 4.79 Å². The summed E-state index contributed by atoms with van der Waals surface area (Å²) in [6.07, 6.45) is 2.76. The second kappa shape index (κ2) is 7.20. The van der Waals surface area contributed by atoms with Crippen LogP contribution in [0, 0.1) is 0 Å². The Balaban J connectivity index is 1.84. The molecule has 0 aliphatic heterocycles. The standard InChI is InChI=1S/C16H25ClN2O2S/c1-5-10(9-18-15(20)21-16(2,3)4)19-12-6-7-13-11(12)8-14(17)22-13/h8,10,12,19H,5-7,9H2,1-4H3,(H,18,20). The first-order chi connectivity index (χ1) is 10.3. The van der Waals surface area contributed by atoms with Gasteiger partial charge in [-0.2, -0.15) is 0 Å². The zero-order valence-electron chi connectivity index (χ0n) is 13.7. The van der Waals surface area contributed by atoms with Crippen LogP contribution in [0.2, 0.25) is 4.34 Å². The summed E-state index contributed by atoms with van der Waals surface area (Å²) in [6, 6.07) is 2.63. The number of carbonyl (C=O) groups excluding carboxylic acids is 1. The minimum Gasteiger partial charge on any atom is -0.444 e. The summed E-state index contributed by atoms with van der Waals surface area (Å²) >= 11 is 7.77. The number of thiophene rings is 1. The number of halogens is 1. The average Bonchev–Trinajstić information content (AvgIpc) is 2.92. The number of carbonyl (C=O) groups is 1. The Labute approximate surface area is 141 Å². The van der Waals surface area contributed by atoms with Gasteiger partial charge in [-0.05, 0) is 51.7 Å². The van der Waals surface area contributed by atoms with Gasteiger partial charge < -0.3 is 15.4 Å². The lowest BCUT2D eigenvalue weighted by molar-refractivity contribution is 0.0521. The van der Waals surface area contributed by atoms with Crippen LogP contribution in [-0.4, -0.2) is 24.3 Å². The second-order valence-corrected chi connectivity index (χ2v) is 8.44. The molecule has 0 saturated carbocycles. The van der Waals surface area contributed by atoms with Crippen molar-refractivity contribution in [1.82, 2.24) is 10.6 Å². The van der Waals surface area contributed by atoms with Crippen LogP contribution in [-0.2, 0) is 11.2 Å². The lowest BCUT2D eigenvalue weighted by atomic mass is 10.1. The van der Waals surface area contributed by atoms with Gasteiger partial charge in [0.15, 0.2) is 0 Å². The fourth-order valence-corrected chi connectivity index (χ4v) is 3.99. The summed E-state index contributed by atoms with van der Waals surface area (Å²) in [5.41, 5.74) is 0.859. The molecule has 0 aromatic carbocycles. The first-order valence-corrected chi connectivity index (χ1v) is 8.99. The largest absolute Gasteiger partial charge is 0.444 e. The van der Waals surface area contributed by atoms with E-state index in [1.807, 2.05) is 20.8 Å². The maximum absolute atomic E-state index is 11.7. The predicted octanol–water partition coefficient (Wildman–Crippen LogP) is 4.28. The van der Waals surface area contributed by atoms with E-state index in [2.05, 4.69) is 23.6 Å². The van der Waals surface area contributed by atoms with Crippen molar-refractivity contribution in [2.24, 2.45) is 0 Å². The van der Waals surface area contributed by atoms with E-state index in [4.69, 9.17) is 16.3 Å². The Bertz CT molecular complexity index is 525. The van der Waals surface area contributed by atoms with Crippen LogP contribution in [0.15, 0.2) is 6.07 Å². The van der Waals surface area contributed by atoms with E-state index in [0.717, 1.165) is 23.6 Å². The topological polar surface area (TPSA) is 50.4 Å². The molecule has 1 aromatic heterocycles. The van der Waals surface area contributed by atoms with Gasteiger partial charge in [-0.1, -0.05) is 18.5 Å². The Kier molecular flexibility index (Phi) is 5.75. The Morgan fingerprint density at radius 3 is 2.91 bits per heavy atom. The van der Waals surface area contributed by atoms with Gasteiger partial charge in [0.25, 0.3) is 0 Å². The lowest BCUT2D eigenvalue weighted by Gasteiger charge is -2.24. The molecule has 0 bridgehead atoms. The molecule has 2 unspecified atom stereocenters. The molecule has 1 aliphatic carbocycles. The van der Waals surface area contributed by atoms with Gasteiger partial charge in [0, 0.05) is 23.5 Å². The smallest absolute Gasteiger partial charge is 0.407 e. The van der Waals surface area contributed by atoms with Crippen molar-refractivity contribution in [3.05, 3.63) is 20.8 Å². The summed E-state index contributed by atoms with van der Waals surface area (Å²) in [6.45, 7) is 8.27. The van der Waals surface area contributed by atoms with E-state index in [1.165, 1.54) is 10.4 Å². The lowest BCUT2D eigenvalue weighted by Crippen LogP contribution is -2.43. The van der Waals surface area contributed by atoms with Gasteiger partial charge in [0.2, 0.25) is 0 Å². The van der Waals surface area contributed by atoms with Crippen molar-refractivity contribution < 1.29 is 9.53 Å². The minimum atomic E-state index is -0.465. The molecular formula is C16H25ClN2O2S. The van der Waals surface area contributed by atoms with Crippen LogP contribution in [0.4, 0.5) is 4.79 Å². The number of hydrogen-bond donors (Lipinski definition) is 2. The van der Waals surface area contributed by atoms with Crippen LogP contribution >= 0.6 is 22.9 Å². The molecule has 0 spiro atoms. The molecule has 124 valence electrons. The Morgan fingerprint density at radius 2 is 2.27 bits per heavy atom. The zero-order chi connectivity index (χ0) is 16.3. The van der Waals surface area contributed by atoms with Gasteiger partial charge >= 0.3 is 6.09 Å². The highest BCUT2D eigenvalue weighted by atomic mass is 35.5. The molecule has 2 rings (SSSR count). The van der Waals surface area contributed by atoms with Crippen LogP contribution in [0.25, 0.3) is 0 Å². The summed E-state index contributed by atoms with van der Waals surface area (Å²) in [5.74, 6) is 0. The fourth-order valence-electron chi connectivity index (χ4n) is 2.63. The number of rotatable bonds is 5. The summed E-state index contributed by atoms with van der Waals surface area (Å²) < 4.78 is 6.13. The van der Waals surface area contributed by atoms with Crippen molar-refractivity contribution in [3.63, 3.8) is 0 Å². The van der Waals surface area contributed by atoms with Crippen LogP contribution < -0.4 is 10.6 Å². The number of amides is 1. The highest BCUT2D eigenvalue weighted by Gasteiger charge is 2.27. The number of hydrogen-bond acceptors (Lipinski definition) is 4. The van der Waals surface area contributed by atoms with E-state index in [-0.39, 0.29) is 12.1 Å². The molecule has 6 heteroatoms. The summed E-state index contributed by atoms with van der Waals surface area (Å²) in [5, 5.41) is 6.48. The predicted molar refractivity (Wildman–Crippen MR) is 91.8 cm³/mol. The van der Waals surface area contributed by atoms with Crippen LogP contribution in [0.5, 0.6) is 0 Å². The van der Waals surface area contributed by atoms with Gasteiger partial charge in [-0.3, -0.25) is 0 Å². The Hall–Kier alpha value is -0.780. The third kappa shape index (κ3) is 4.86. The molecule has 4 nitrogen and oxygen atoms in total. The van der Waals surface area contributed by atoms with Crippen molar-refractivity contribution >= 4 is 29.0 Å². The third-order valence-corrected chi connectivity index (χ3v) is 5.01. The number of ether oxygens (including phenoxy) is 1. The normalized spacial score (nSPS) is 18.9. The Morgan fingerprint density at radius 1 is 1.55 bits per heavy atom. The number of fused-ring (bicyclic) bond motifs is 1. The average molecular weight is 345 g/mol. The van der Waals surface area contributed by atoms with Crippen molar-refractivity contribution in [1.29, 1.82) is 0 Å². The van der Waals surface area contributed by atoms with Crippen LogP contribution in [0.3, 0.4) is 0 Å². The first-order valence-electron chi connectivity index (χ1n) is 7.79. The maximum Gasteiger partial charge on any atom is 0.407 e. The molecule has 0 radical (unpaired) electrons. The monoisotopic (exact) mass is 344 g/mol. The molecule has 2 N–H and O–H groups in total. The molecule has 1 heterocycles. The second-order valence-electron chi connectivity index (χ2n) is 6.67. The SMILES string of the molecule is CCC(CNC(=O)OC(C)(C)C)NC1CCc2sc(Cl)cc21. The molecule has 2 atom stereocenters. The van der Waals surface area contributed by atoms with Crippen LogP contribution in [0.1, 0.15) is 57.0 Å². The minimum absolute atomic E-state index is 0.224. The molecule has 1 amide bonds. The van der Waals surface area contributed by atoms with E-state index in [9.17, 15) is 4.79 Å². The summed E-state index contributed by atoms with van der Waals surface area (Å²) in [4.78, 5) is 13.1. The highest BCUT2D eigenvalue weighted by Crippen LogP contribution is 2.39. The third-order valence-electron chi connectivity index (χ3n) is 3.67. The number of aryl methyl sites for hydroxylation is 1. The number of alkyl carbamates (subject to hydrolysis) is 1. The fraction of sp³-hybridized carbons (Fsp3) is 0.688. The molecular weight excluding hydrogens is 320 g/mol. The van der Waals surface area contributed by atoms with Gasteiger partial charge in [0.1, 0.15) is 5.60 Å². The first kappa shape index (κ1) is 17.6. The van der Waals surface area contributed by atoms with E-state index < -0.39 is 5.60 Å². The maximum atomic E-state index is 11.7. The number of nitrogens with one attached hydrogen (secondary N) is 2. The molecule has 1 aromatic rings. The van der Waals surface area contributed by atoms with Crippen molar-refractivity contribution in [2.45, 2.75) is 64.6 Å². The van der Waals surface area contributed by atoms with Gasteiger partial charge in [0.05, 0.1) is 4.34 Å². The van der Waals surface area contributed by atoms with E-state index >= 15 is 0 Å². The highest BCUT2D eigenvalue weighted by molar-refractivity contribution is 7.16. The van der Waals surface area contributed by atoms with Gasteiger partial charge in [-0.15, -0.1) is 11.3 Å². The van der Waals surface area contributed by atoms with Crippen molar-refractivity contribution in [3.8, 4) is 0 Å². The molecule has 22 heavy (non-hydrogen) atoms. The quantitative estimate of drug-likeness (QED) is 0.838. The molecule has 0 fully saturated rings.